The van der Waals surface area contributed by atoms with E-state index in [1.54, 1.807) is 18.2 Å². The van der Waals surface area contributed by atoms with Gasteiger partial charge in [0.25, 0.3) is 0 Å². The molecule has 1 saturated carbocycles. The topological polar surface area (TPSA) is 84.6 Å². The van der Waals surface area contributed by atoms with Crippen molar-refractivity contribution in [3.05, 3.63) is 35.6 Å². The van der Waals surface area contributed by atoms with Crippen LogP contribution < -0.4 is 11.1 Å². The standard InChI is InChI=1S/C16H23FN2O3/c17-14-6-2-1-5-12(14)10-22-11-13(20)9-19-16(15(18)21)7-3-4-8-16/h1-2,5-6,13,19-20H,3-4,7-11H2,(H2,18,21). The van der Waals surface area contributed by atoms with Crippen LogP contribution in [0.1, 0.15) is 31.2 Å². The maximum absolute atomic E-state index is 13.4. The van der Waals surface area contributed by atoms with Gasteiger partial charge in [0.05, 0.1) is 24.9 Å². The Labute approximate surface area is 129 Å². The molecule has 6 heteroatoms. The van der Waals surface area contributed by atoms with Gasteiger partial charge in [0, 0.05) is 12.1 Å². The molecule has 1 aliphatic carbocycles. The van der Waals surface area contributed by atoms with Gasteiger partial charge in [-0.25, -0.2) is 4.39 Å². The van der Waals surface area contributed by atoms with Crippen LogP contribution >= 0.6 is 0 Å². The summed E-state index contributed by atoms with van der Waals surface area (Å²) in [6, 6.07) is 6.35. The van der Waals surface area contributed by atoms with Gasteiger partial charge < -0.3 is 20.9 Å². The normalized spacial score (nSPS) is 18.3. The average Bonchev–Trinajstić information content (AvgIpc) is 2.97. The van der Waals surface area contributed by atoms with E-state index >= 15 is 0 Å². The van der Waals surface area contributed by atoms with E-state index in [4.69, 9.17) is 10.5 Å². The molecule has 0 bridgehead atoms. The van der Waals surface area contributed by atoms with Crippen molar-refractivity contribution in [1.29, 1.82) is 0 Å². The summed E-state index contributed by atoms with van der Waals surface area (Å²) in [6.45, 7) is 0.390. The predicted octanol–water partition coefficient (Wildman–Crippen LogP) is 1.09. The van der Waals surface area contributed by atoms with Crippen LogP contribution in [0.3, 0.4) is 0 Å². The van der Waals surface area contributed by atoms with E-state index in [0.29, 0.717) is 18.4 Å². The van der Waals surface area contributed by atoms with Crippen molar-refractivity contribution < 1.29 is 19.0 Å². The molecule has 22 heavy (non-hydrogen) atoms. The number of nitrogens with one attached hydrogen (secondary N) is 1. The highest BCUT2D eigenvalue weighted by atomic mass is 19.1. The van der Waals surface area contributed by atoms with E-state index < -0.39 is 11.6 Å². The van der Waals surface area contributed by atoms with Gasteiger partial charge in [-0.15, -0.1) is 0 Å². The summed E-state index contributed by atoms with van der Waals surface area (Å²) in [5, 5.41) is 13.0. The molecule has 1 atom stereocenters. The number of rotatable bonds is 8. The van der Waals surface area contributed by atoms with Gasteiger partial charge in [-0.3, -0.25) is 4.79 Å². The van der Waals surface area contributed by atoms with Gasteiger partial charge in [0.15, 0.2) is 0 Å². The lowest BCUT2D eigenvalue weighted by atomic mass is 9.96. The molecule has 1 aromatic rings. The highest BCUT2D eigenvalue weighted by molar-refractivity contribution is 5.85. The number of carbonyl (C=O) groups excluding carboxylic acids is 1. The number of nitrogens with two attached hydrogens (primary N) is 1. The summed E-state index contributed by atoms with van der Waals surface area (Å²) in [5.74, 6) is -0.696. The van der Waals surface area contributed by atoms with E-state index in [0.717, 1.165) is 12.8 Å². The molecule has 2 rings (SSSR count). The summed E-state index contributed by atoms with van der Waals surface area (Å²) < 4.78 is 18.7. The molecule has 1 unspecified atom stereocenters. The third-order valence-corrected chi connectivity index (χ3v) is 4.13. The van der Waals surface area contributed by atoms with Crippen LogP contribution in [-0.4, -0.2) is 35.8 Å². The molecule has 4 N–H and O–H groups in total. The van der Waals surface area contributed by atoms with Crippen molar-refractivity contribution in [2.24, 2.45) is 5.73 Å². The van der Waals surface area contributed by atoms with Crippen LogP contribution in [0.25, 0.3) is 0 Å². The van der Waals surface area contributed by atoms with Gasteiger partial charge in [0.1, 0.15) is 5.82 Å². The summed E-state index contributed by atoms with van der Waals surface area (Å²) in [6.07, 6.45) is 2.53. The Balaban J connectivity index is 1.73. The molecule has 122 valence electrons. The van der Waals surface area contributed by atoms with Crippen LogP contribution in [0.2, 0.25) is 0 Å². The first-order chi connectivity index (χ1) is 10.5. The van der Waals surface area contributed by atoms with Crippen molar-refractivity contribution in [1.82, 2.24) is 5.32 Å². The van der Waals surface area contributed by atoms with Crippen LogP contribution in [-0.2, 0) is 16.1 Å². The third-order valence-electron chi connectivity index (χ3n) is 4.13. The maximum atomic E-state index is 13.4. The summed E-state index contributed by atoms with van der Waals surface area (Å²) >= 11 is 0. The van der Waals surface area contributed by atoms with Gasteiger partial charge >= 0.3 is 0 Å². The Morgan fingerprint density at radius 2 is 2.09 bits per heavy atom. The van der Waals surface area contributed by atoms with Gasteiger partial charge in [-0.1, -0.05) is 31.0 Å². The molecule has 0 radical (unpaired) electrons. The average molecular weight is 310 g/mol. The molecule has 5 nitrogen and oxygen atoms in total. The molecule has 1 fully saturated rings. The third kappa shape index (κ3) is 4.25. The molecule has 1 amide bonds. The Kier molecular flexibility index (Phi) is 5.88. The fraction of sp³-hybridized carbons (Fsp3) is 0.562. The highest BCUT2D eigenvalue weighted by Crippen LogP contribution is 2.29. The van der Waals surface area contributed by atoms with Crippen molar-refractivity contribution in [2.45, 2.75) is 43.9 Å². The van der Waals surface area contributed by atoms with Crippen LogP contribution in [0.4, 0.5) is 4.39 Å². The fourth-order valence-electron chi connectivity index (χ4n) is 2.78. The zero-order valence-electron chi connectivity index (χ0n) is 12.6. The number of carbonyl (C=O) groups is 1. The number of hydrogen-bond donors (Lipinski definition) is 3. The quantitative estimate of drug-likeness (QED) is 0.671. The fourth-order valence-corrected chi connectivity index (χ4v) is 2.78. The van der Waals surface area contributed by atoms with Crippen molar-refractivity contribution in [2.75, 3.05) is 13.2 Å². The second-order valence-corrected chi connectivity index (χ2v) is 5.79. The zero-order chi connectivity index (χ0) is 16.0. The van der Waals surface area contributed by atoms with Crippen LogP contribution in [0.5, 0.6) is 0 Å². The predicted molar refractivity (Wildman–Crippen MR) is 80.5 cm³/mol. The molecule has 1 aliphatic rings. The number of aliphatic hydroxyl groups excluding tert-OH is 1. The first-order valence-electron chi connectivity index (χ1n) is 7.58. The minimum Gasteiger partial charge on any atom is -0.389 e. The number of hydrogen-bond acceptors (Lipinski definition) is 4. The highest BCUT2D eigenvalue weighted by Gasteiger charge is 2.39. The molecular formula is C16H23FN2O3. The van der Waals surface area contributed by atoms with E-state index in [1.165, 1.54) is 6.07 Å². The lowest BCUT2D eigenvalue weighted by molar-refractivity contribution is -0.124. The Bertz CT molecular complexity index is 504. The van der Waals surface area contributed by atoms with Crippen LogP contribution in [0, 0.1) is 5.82 Å². The second-order valence-electron chi connectivity index (χ2n) is 5.79. The number of benzene rings is 1. The van der Waals surface area contributed by atoms with Gasteiger partial charge in [-0.2, -0.15) is 0 Å². The van der Waals surface area contributed by atoms with Gasteiger partial charge in [0.2, 0.25) is 5.91 Å². The Hall–Kier alpha value is -1.50. The number of amides is 1. The molecule has 1 aromatic carbocycles. The van der Waals surface area contributed by atoms with E-state index in [9.17, 15) is 14.3 Å². The van der Waals surface area contributed by atoms with E-state index in [-0.39, 0.29) is 31.5 Å². The van der Waals surface area contributed by atoms with Crippen molar-refractivity contribution in [3.8, 4) is 0 Å². The first-order valence-corrected chi connectivity index (χ1v) is 7.58. The minimum absolute atomic E-state index is 0.0657. The van der Waals surface area contributed by atoms with Gasteiger partial charge in [-0.05, 0) is 18.9 Å². The monoisotopic (exact) mass is 310 g/mol. The summed E-state index contributed by atoms with van der Waals surface area (Å²) in [5.41, 5.74) is 5.20. The van der Waals surface area contributed by atoms with E-state index in [1.807, 2.05) is 0 Å². The molecule has 0 aliphatic heterocycles. The van der Waals surface area contributed by atoms with E-state index in [2.05, 4.69) is 5.32 Å². The largest absolute Gasteiger partial charge is 0.389 e. The molecule has 0 heterocycles. The lowest BCUT2D eigenvalue weighted by Crippen LogP contribution is -2.55. The Morgan fingerprint density at radius 1 is 1.41 bits per heavy atom. The zero-order valence-corrected chi connectivity index (χ0v) is 12.6. The maximum Gasteiger partial charge on any atom is 0.237 e. The summed E-state index contributed by atoms with van der Waals surface area (Å²) in [7, 11) is 0. The van der Waals surface area contributed by atoms with Crippen molar-refractivity contribution >= 4 is 5.91 Å². The number of β-amino-alcohol motifs (C(OH)–C–C–N with tert-alkyl or cyclic N) is 1. The molecule has 0 saturated heterocycles. The number of primary amides is 1. The summed E-state index contributed by atoms with van der Waals surface area (Å²) in [4.78, 5) is 11.6. The van der Waals surface area contributed by atoms with Crippen molar-refractivity contribution in [3.63, 3.8) is 0 Å². The molecular weight excluding hydrogens is 287 g/mol. The first kappa shape index (κ1) is 16.9. The van der Waals surface area contributed by atoms with Crippen LogP contribution in [0.15, 0.2) is 24.3 Å². The molecule has 0 spiro atoms. The number of aliphatic hydroxyl groups is 1. The molecule has 0 aromatic heterocycles. The Morgan fingerprint density at radius 3 is 2.73 bits per heavy atom. The lowest BCUT2D eigenvalue weighted by Gasteiger charge is -2.28. The smallest absolute Gasteiger partial charge is 0.237 e. The SMILES string of the molecule is NC(=O)C1(NCC(O)COCc2ccccc2F)CCCC1. The second kappa shape index (κ2) is 7.67. The number of ether oxygens (including phenoxy) is 1. The number of halogens is 1. The minimum atomic E-state index is -0.774.